The molecule has 2 amide bonds. The molecule has 1 N–H and O–H groups in total. The molecule has 182 valence electrons. The van der Waals surface area contributed by atoms with Crippen LogP contribution in [0.3, 0.4) is 0 Å². The zero-order chi connectivity index (χ0) is 23.5. The number of nitrogens with one attached hydrogen (secondary N) is 1. The number of carbonyl (C=O) groups is 2. The minimum atomic E-state index is -0.243. The predicted octanol–water partition coefficient (Wildman–Crippen LogP) is 3.21. The lowest BCUT2D eigenvalue weighted by atomic mass is 9.90. The van der Waals surface area contributed by atoms with Crippen molar-refractivity contribution >= 4 is 12.0 Å². The van der Waals surface area contributed by atoms with E-state index in [1.807, 2.05) is 36.0 Å². The Kier molecular flexibility index (Phi) is 6.59. The molecule has 2 aromatic rings. The number of rotatable bonds is 6. The molecule has 0 bridgehead atoms. The third-order valence-electron chi connectivity index (χ3n) is 7.79. The highest BCUT2D eigenvalue weighted by atomic mass is 16.6. The van der Waals surface area contributed by atoms with E-state index in [0.717, 1.165) is 57.4 Å². The Hall–Kier alpha value is -2.87. The molecule has 1 atom stereocenters. The van der Waals surface area contributed by atoms with Crippen LogP contribution in [0.2, 0.25) is 0 Å². The average Bonchev–Trinajstić information content (AvgIpc) is 3.36. The minimum absolute atomic E-state index is 0.151. The Morgan fingerprint density at radius 2 is 1.85 bits per heavy atom. The van der Waals surface area contributed by atoms with Crippen LogP contribution in [-0.4, -0.2) is 70.4 Å². The van der Waals surface area contributed by atoms with E-state index in [2.05, 4.69) is 33.6 Å². The second-order valence-electron chi connectivity index (χ2n) is 9.99. The van der Waals surface area contributed by atoms with E-state index in [0.29, 0.717) is 19.7 Å². The summed E-state index contributed by atoms with van der Waals surface area (Å²) in [7, 11) is 0. The molecule has 2 saturated heterocycles. The first-order chi connectivity index (χ1) is 16.6. The second kappa shape index (κ2) is 9.78. The van der Waals surface area contributed by atoms with Crippen LogP contribution in [0.25, 0.3) is 5.69 Å². The van der Waals surface area contributed by atoms with Gasteiger partial charge in [-0.05, 0) is 69.7 Å². The number of amides is 2. The van der Waals surface area contributed by atoms with Gasteiger partial charge in [0.05, 0.1) is 18.5 Å². The van der Waals surface area contributed by atoms with Crippen molar-refractivity contribution in [2.45, 2.75) is 51.6 Å². The van der Waals surface area contributed by atoms with Gasteiger partial charge in [0.25, 0.3) is 0 Å². The van der Waals surface area contributed by atoms with Crippen molar-refractivity contribution in [3.8, 4) is 5.69 Å². The van der Waals surface area contributed by atoms with Crippen molar-refractivity contribution in [2.75, 3.05) is 32.8 Å². The molecular formula is C26H35N5O3. The summed E-state index contributed by atoms with van der Waals surface area (Å²) in [5.74, 6) is 0.366. The normalized spacial score (nSPS) is 22.5. The fourth-order valence-electron chi connectivity index (χ4n) is 5.57. The zero-order valence-electron chi connectivity index (χ0n) is 20.0. The maximum Gasteiger partial charge on any atom is 0.409 e. The third-order valence-corrected chi connectivity index (χ3v) is 7.79. The monoisotopic (exact) mass is 465 g/mol. The van der Waals surface area contributed by atoms with Gasteiger partial charge in [0, 0.05) is 43.4 Å². The first-order valence-electron chi connectivity index (χ1n) is 12.6. The SMILES string of the molecule is CCOC(=O)N1CCC(NC(=O)[C@H]2CC23CCN(Cc2cnn(-c4ccccc4)c2)CC3)CC1. The van der Waals surface area contributed by atoms with Crippen molar-refractivity contribution in [2.24, 2.45) is 11.3 Å². The maximum atomic E-state index is 12.9. The summed E-state index contributed by atoms with van der Waals surface area (Å²) < 4.78 is 7.01. The molecule has 8 heteroatoms. The van der Waals surface area contributed by atoms with Gasteiger partial charge in [-0.25, -0.2) is 9.48 Å². The van der Waals surface area contributed by atoms with Crippen LogP contribution in [0.15, 0.2) is 42.7 Å². The summed E-state index contributed by atoms with van der Waals surface area (Å²) in [6.07, 6.45) is 8.60. The molecule has 1 aromatic heterocycles. The van der Waals surface area contributed by atoms with E-state index >= 15 is 0 Å². The summed E-state index contributed by atoms with van der Waals surface area (Å²) in [5.41, 5.74) is 2.49. The number of piperidine rings is 2. The number of aromatic nitrogens is 2. The van der Waals surface area contributed by atoms with Crippen LogP contribution in [0.4, 0.5) is 4.79 Å². The summed E-state index contributed by atoms with van der Waals surface area (Å²) in [6, 6.07) is 10.3. The molecular weight excluding hydrogens is 430 g/mol. The number of ether oxygens (including phenoxy) is 1. The number of likely N-dealkylation sites (tertiary alicyclic amines) is 2. The first kappa shape index (κ1) is 22.9. The smallest absolute Gasteiger partial charge is 0.409 e. The number of carbonyl (C=O) groups excluding carboxylic acids is 2. The van der Waals surface area contributed by atoms with Gasteiger partial charge in [-0.15, -0.1) is 0 Å². The molecule has 5 rings (SSSR count). The Morgan fingerprint density at radius 3 is 2.56 bits per heavy atom. The van der Waals surface area contributed by atoms with Gasteiger partial charge >= 0.3 is 6.09 Å². The van der Waals surface area contributed by atoms with E-state index in [4.69, 9.17) is 4.74 Å². The summed E-state index contributed by atoms with van der Waals surface area (Å²) in [4.78, 5) is 29.0. The van der Waals surface area contributed by atoms with Gasteiger partial charge in [-0.1, -0.05) is 18.2 Å². The minimum Gasteiger partial charge on any atom is -0.450 e. The lowest BCUT2D eigenvalue weighted by Crippen LogP contribution is -2.47. The van der Waals surface area contributed by atoms with Crippen molar-refractivity contribution in [3.63, 3.8) is 0 Å². The van der Waals surface area contributed by atoms with Gasteiger partial charge in [-0.2, -0.15) is 5.10 Å². The van der Waals surface area contributed by atoms with E-state index in [1.165, 1.54) is 5.56 Å². The van der Waals surface area contributed by atoms with Crippen LogP contribution in [0.5, 0.6) is 0 Å². The van der Waals surface area contributed by atoms with Crippen molar-refractivity contribution in [1.82, 2.24) is 24.9 Å². The second-order valence-corrected chi connectivity index (χ2v) is 9.99. The Bertz CT molecular complexity index is 991. The molecule has 3 fully saturated rings. The highest BCUT2D eigenvalue weighted by molar-refractivity contribution is 5.83. The van der Waals surface area contributed by atoms with E-state index in [9.17, 15) is 9.59 Å². The van der Waals surface area contributed by atoms with Gasteiger partial charge in [-0.3, -0.25) is 9.69 Å². The molecule has 1 aliphatic carbocycles. The third kappa shape index (κ3) is 4.97. The van der Waals surface area contributed by atoms with Crippen molar-refractivity contribution in [3.05, 3.63) is 48.3 Å². The molecule has 0 radical (unpaired) electrons. The standard InChI is InChI=1S/C26H35N5O3/c1-2-34-25(33)30-12-8-21(9-13-30)28-24(32)23-16-26(23)10-14-29(15-11-26)18-20-17-27-31(19-20)22-6-4-3-5-7-22/h3-7,17,19,21,23H,2,8-16,18H2,1H3,(H,28,32)/t23-/m1/s1. The van der Waals surface area contributed by atoms with E-state index < -0.39 is 0 Å². The van der Waals surface area contributed by atoms with Crippen molar-refractivity contribution < 1.29 is 14.3 Å². The topological polar surface area (TPSA) is 79.7 Å². The van der Waals surface area contributed by atoms with Gasteiger partial charge in [0.2, 0.25) is 5.91 Å². The fourth-order valence-corrected chi connectivity index (χ4v) is 5.57. The number of hydrogen-bond donors (Lipinski definition) is 1. The van der Waals surface area contributed by atoms with E-state index in [-0.39, 0.29) is 29.4 Å². The first-order valence-corrected chi connectivity index (χ1v) is 12.6. The molecule has 8 nitrogen and oxygen atoms in total. The molecule has 1 spiro atoms. The average molecular weight is 466 g/mol. The summed E-state index contributed by atoms with van der Waals surface area (Å²) in [5, 5.41) is 7.79. The fraction of sp³-hybridized carbons (Fsp3) is 0.577. The highest BCUT2D eigenvalue weighted by Crippen LogP contribution is 2.59. The van der Waals surface area contributed by atoms with Crippen LogP contribution < -0.4 is 5.32 Å². The maximum absolute atomic E-state index is 12.9. The zero-order valence-corrected chi connectivity index (χ0v) is 20.0. The quantitative estimate of drug-likeness (QED) is 0.709. The van der Waals surface area contributed by atoms with Crippen LogP contribution in [0, 0.1) is 11.3 Å². The van der Waals surface area contributed by atoms with Gasteiger partial charge < -0.3 is 15.0 Å². The lowest BCUT2D eigenvalue weighted by Gasteiger charge is -2.33. The number of benzene rings is 1. The summed E-state index contributed by atoms with van der Waals surface area (Å²) in [6.45, 7) is 6.47. The molecule has 0 unspecified atom stereocenters. The largest absolute Gasteiger partial charge is 0.450 e. The number of hydrogen-bond acceptors (Lipinski definition) is 5. The molecule has 34 heavy (non-hydrogen) atoms. The Balaban J connectivity index is 1.05. The summed E-state index contributed by atoms with van der Waals surface area (Å²) >= 11 is 0. The van der Waals surface area contributed by atoms with Crippen molar-refractivity contribution in [1.29, 1.82) is 0 Å². The molecule has 1 saturated carbocycles. The molecule has 2 aliphatic heterocycles. The Morgan fingerprint density at radius 1 is 1.12 bits per heavy atom. The van der Waals surface area contributed by atoms with Crippen LogP contribution in [0.1, 0.15) is 44.6 Å². The lowest BCUT2D eigenvalue weighted by molar-refractivity contribution is -0.124. The Labute approximate surface area is 201 Å². The number of nitrogens with zero attached hydrogens (tertiary/aromatic N) is 4. The molecule has 3 aliphatic rings. The highest BCUT2D eigenvalue weighted by Gasteiger charge is 2.58. The van der Waals surface area contributed by atoms with Crippen LogP contribution in [-0.2, 0) is 16.1 Å². The van der Waals surface area contributed by atoms with Gasteiger partial charge in [0.15, 0.2) is 0 Å². The molecule has 3 heterocycles. The molecule has 1 aromatic carbocycles. The van der Waals surface area contributed by atoms with E-state index in [1.54, 1.807) is 4.90 Å². The number of para-hydroxylation sites is 1. The predicted molar refractivity (Wildman–Crippen MR) is 128 cm³/mol. The van der Waals surface area contributed by atoms with Crippen LogP contribution >= 0.6 is 0 Å². The van der Waals surface area contributed by atoms with Gasteiger partial charge in [0.1, 0.15) is 0 Å².